The van der Waals surface area contributed by atoms with Gasteiger partial charge in [-0.3, -0.25) is 0 Å². The van der Waals surface area contributed by atoms with Gasteiger partial charge in [-0.05, 0) is 127 Å². The highest BCUT2D eigenvalue weighted by Crippen LogP contribution is 2.58. The van der Waals surface area contributed by atoms with E-state index in [4.69, 9.17) is 0 Å². The van der Waals surface area contributed by atoms with Gasteiger partial charge in [-0.2, -0.15) is 0 Å². The van der Waals surface area contributed by atoms with Gasteiger partial charge in [0, 0.05) is 22.1 Å². The van der Waals surface area contributed by atoms with E-state index in [1.807, 2.05) is 0 Å². The smallest absolute Gasteiger partial charge is 0.0713 e. The Balaban J connectivity index is 0.971. The van der Waals surface area contributed by atoms with Crippen LogP contribution in [-0.2, 0) is 10.8 Å². The van der Waals surface area contributed by atoms with Crippen molar-refractivity contribution in [2.24, 2.45) is 0 Å². The number of nitrogens with zero attached hydrogens (tertiary/aromatic N) is 1. The zero-order valence-electron chi connectivity index (χ0n) is 37.9. The third-order valence-corrected chi connectivity index (χ3v) is 15.0. The van der Waals surface area contributed by atoms with Crippen molar-refractivity contribution in [3.8, 4) is 44.5 Å². The Morgan fingerprint density at radius 3 is 1.47 bits per heavy atom. The van der Waals surface area contributed by atoms with Crippen LogP contribution in [0.15, 0.2) is 267 Å². The summed E-state index contributed by atoms with van der Waals surface area (Å²) in [6.45, 7) is 2.39. The molecular formula is C67H47N. The summed E-state index contributed by atoms with van der Waals surface area (Å²) < 4.78 is 0. The zero-order chi connectivity index (χ0) is 45.2. The van der Waals surface area contributed by atoms with Crippen LogP contribution in [0.3, 0.4) is 0 Å². The number of fused-ring (bicyclic) bond motifs is 7. The molecule has 13 rings (SSSR count). The van der Waals surface area contributed by atoms with Crippen LogP contribution >= 0.6 is 0 Å². The van der Waals surface area contributed by atoms with Gasteiger partial charge in [0.1, 0.15) is 0 Å². The lowest BCUT2D eigenvalue weighted by Crippen LogP contribution is -2.28. The van der Waals surface area contributed by atoms with E-state index in [-0.39, 0.29) is 5.41 Å². The number of para-hydroxylation sites is 1. The summed E-state index contributed by atoms with van der Waals surface area (Å²) in [5, 5.41) is 2.40. The van der Waals surface area contributed by atoms with Crippen LogP contribution in [0.1, 0.15) is 45.9 Å². The molecule has 2 aliphatic rings. The zero-order valence-corrected chi connectivity index (χ0v) is 37.9. The first-order valence-electron chi connectivity index (χ1n) is 23.8. The lowest BCUT2D eigenvalue weighted by Gasteiger charge is -2.34. The largest absolute Gasteiger partial charge is 0.309 e. The molecule has 0 radical (unpaired) electrons. The van der Waals surface area contributed by atoms with Crippen molar-refractivity contribution >= 4 is 27.8 Å². The van der Waals surface area contributed by atoms with E-state index in [1.54, 1.807) is 0 Å². The monoisotopic (exact) mass is 865 g/mol. The van der Waals surface area contributed by atoms with E-state index in [2.05, 4.69) is 279 Å². The summed E-state index contributed by atoms with van der Waals surface area (Å²) in [5.41, 5.74) is 21.6. The molecule has 1 unspecified atom stereocenters. The van der Waals surface area contributed by atoms with Crippen LogP contribution in [0, 0.1) is 0 Å². The van der Waals surface area contributed by atoms with E-state index in [9.17, 15) is 0 Å². The summed E-state index contributed by atoms with van der Waals surface area (Å²) in [6, 6.07) is 98.9. The van der Waals surface area contributed by atoms with E-state index in [0.717, 1.165) is 22.6 Å². The highest BCUT2D eigenvalue weighted by atomic mass is 15.1. The van der Waals surface area contributed by atoms with E-state index in [1.165, 1.54) is 88.7 Å². The highest BCUT2D eigenvalue weighted by Gasteiger charge is 2.46. The minimum absolute atomic E-state index is 0.264. The number of anilines is 3. The van der Waals surface area contributed by atoms with Gasteiger partial charge in [0.15, 0.2) is 0 Å². The third-order valence-electron chi connectivity index (χ3n) is 15.0. The van der Waals surface area contributed by atoms with Gasteiger partial charge in [-0.25, -0.2) is 0 Å². The second-order valence-corrected chi connectivity index (χ2v) is 18.5. The Hall–Kier alpha value is -8.52. The second kappa shape index (κ2) is 15.8. The molecule has 0 aliphatic heterocycles. The van der Waals surface area contributed by atoms with Crippen LogP contribution in [-0.4, -0.2) is 0 Å². The number of hydrogen-bond donors (Lipinski definition) is 0. The quantitative estimate of drug-likeness (QED) is 0.147. The molecule has 1 atom stereocenters. The number of rotatable bonds is 8. The maximum Gasteiger partial charge on any atom is 0.0713 e. The predicted octanol–water partition coefficient (Wildman–Crippen LogP) is 17.3. The lowest BCUT2D eigenvalue weighted by atomic mass is 9.67. The van der Waals surface area contributed by atoms with Gasteiger partial charge in [0.25, 0.3) is 0 Å². The highest BCUT2D eigenvalue weighted by molar-refractivity contribution is 6.01. The van der Waals surface area contributed by atoms with Gasteiger partial charge >= 0.3 is 0 Å². The molecule has 0 amide bonds. The Kier molecular flexibility index (Phi) is 9.27. The van der Waals surface area contributed by atoms with Crippen LogP contribution in [0.25, 0.3) is 55.3 Å². The summed E-state index contributed by atoms with van der Waals surface area (Å²) in [4.78, 5) is 2.47. The predicted molar refractivity (Wildman–Crippen MR) is 284 cm³/mol. The van der Waals surface area contributed by atoms with Gasteiger partial charge in [0.2, 0.25) is 0 Å². The molecule has 11 aromatic rings. The van der Waals surface area contributed by atoms with Crippen molar-refractivity contribution in [1.82, 2.24) is 0 Å². The average Bonchev–Trinajstić information content (AvgIpc) is 3.86. The van der Waals surface area contributed by atoms with Gasteiger partial charge < -0.3 is 4.90 Å². The van der Waals surface area contributed by atoms with Gasteiger partial charge in [-0.1, -0.05) is 231 Å². The maximum absolute atomic E-state index is 2.48. The molecule has 0 heterocycles. The lowest BCUT2D eigenvalue weighted by molar-refractivity contribution is 0.714. The van der Waals surface area contributed by atoms with Crippen molar-refractivity contribution in [3.05, 3.63) is 306 Å². The summed E-state index contributed by atoms with van der Waals surface area (Å²) in [5.74, 6) is 0. The fourth-order valence-corrected chi connectivity index (χ4v) is 11.9. The SMILES string of the molecule is CC1(c2ccccc2)c2ccccc2-c2ccc(-c3ccc(N(c4ccccc4-c4ccc5c(c4)C(c4ccccc4)(c4ccccc4)c4ccccc4-5)c4cccc5ccccc45)cc3)cc21. The molecule has 0 aromatic heterocycles. The standard InChI is InChI=1S/C67H47N/c1-66(50-22-5-2-6-23-50)60-32-16-13-30-56(60)58-42-38-48(44-62(58)66)46-36-40-53(41-37-46)68(65-35-19-21-47-20-11-12-28-54(47)65)64-34-18-15-29-55(64)49-39-43-59-57-31-14-17-33-61(57)67(63(59)45-49,51-24-7-3-8-25-51)52-26-9-4-10-27-52/h2-45H,1H3. The molecule has 0 saturated carbocycles. The van der Waals surface area contributed by atoms with Crippen LogP contribution in [0.5, 0.6) is 0 Å². The molecule has 0 saturated heterocycles. The molecule has 1 nitrogen and oxygen atoms in total. The first-order valence-corrected chi connectivity index (χ1v) is 23.8. The number of hydrogen-bond acceptors (Lipinski definition) is 1. The minimum Gasteiger partial charge on any atom is -0.309 e. The van der Waals surface area contributed by atoms with Crippen molar-refractivity contribution in [2.45, 2.75) is 17.8 Å². The Bertz CT molecular complexity index is 3640. The van der Waals surface area contributed by atoms with E-state index in [0.29, 0.717) is 0 Å². The van der Waals surface area contributed by atoms with Crippen LogP contribution in [0.2, 0.25) is 0 Å². The first kappa shape index (κ1) is 39.8. The Morgan fingerprint density at radius 2 is 0.765 bits per heavy atom. The Labute approximate surface area is 398 Å². The maximum atomic E-state index is 2.48. The molecule has 320 valence electrons. The van der Waals surface area contributed by atoms with E-state index < -0.39 is 5.41 Å². The molecule has 2 aliphatic carbocycles. The summed E-state index contributed by atoms with van der Waals surface area (Å²) in [7, 11) is 0. The Morgan fingerprint density at radius 1 is 0.294 bits per heavy atom. The summed E-state index contributed by atoms with van der Waals surface area (Å²) >= 11 is 0. The van der Waals surface area contributed by atoms with Gasteiger partial charge in [0.05, 0.1) is 16.8 Å². The topological polar surface area (TPSA) is 3.24 Å². The van der Waals surface area contributed by atoms with E-state index >= 15 is 0 Å². The molecule has 1 heteroatoms. The molecule has 0 bridgehead atoms. The van der Waals surface area contributed by atoms with Crippen LogP contribution in [0.4, 0.5) is 17.1 Å². The number of benzene rings is 11. The molecule has 0 fully saturated rings. The van der Waals surface area contributed by atoms with Crippen molar-refractivity contribution < 1.29 is 0 Å². The molecule has 0 spiro atoms. The normalized spacial score (nSPS) is 15.0. The fourth-order valence-electron chi connectivity index (χ4n) is 11.9. The minimum atomic E-state index is -0.497. The summed E-state index contributed by atoms with van der Waals surface area (Å²) in [6.07, 6.45) is 0. The second-order valence-electron chi connectivity index (χ2n) is 18.5. The first-order chi connectivity index (χ1) is 33.6. The van der Waals surface area contributed by atoms with Gasteiger partial charge in [-0.15, -0.1) is 0 Å². The van der Waals surface area contributed by atoms with Crippen molar-refractivity contribution in [3.63, 3.8) is 0 Å². The molecule has 11 aromatic carbocycles. The van der Waals surface area contributed by atoms with Crippen LogP contribution < -0.4 is 4.90 Å². The fraction of sp³-hybridized carbons (Fsp3) is 0.0448. The molecule has 0 N–H and O–H groups in total. The molecule has 68 heavy (non-hydrogen) atoms. The van der Waals surface area contributed by atoms with Crippen molar-refractivity contribution in [1.29, 1.82) is 0 Å². The third kappa shape index (κ3) is 5.95. The van der Waals surface area contributed by atoms with Crippen molar-refractivity contribution in [2.75, 3.05) is 4.90 Å². The average molecular weight is 866 g/mol. The molecular weight excluding hydrogens is 819 g/mol.